The van der Waals surface area contributed by atoms with E-state index in [1.165, 1.54) is 11.8 Å². The lowest BCUT2D eigenvalue weighted by molar-refractivity contribution is 1.08. The molecule has 0 saturated carbocycles. The Kier molecular flexibility index (Phi) is 4.85. The zero-order chi connectivity index (χ0) is 15.4. The fourth-order valence-electron chi connectivity index (χ4n) is 1.84. The van der Waals surface area contributed by atoms with Crippen LogP contribution in [0.25, 0.3) is 0 Å². The van der Waals surface area contributed by atoms with Crippen LogP contribution in [0.1, 0.15) is 22.3 Å². The maximum atomic E-state index is 9.30. The summed E-state index contributed by atoms with van der Waals surface area (Å²) >= 11 is 4.92. The van der Waals surface area contributed by atoms with Crippen LogP contribution in [0.5, 0.6) is 0 Å². The lowest BCUT2D eigenvalue weighted by atomic mass is 10.1. The molecule has 0 atom stereocenters. The summed E-state index contributed by atoms with van der Waals surface area (Å²) < 4.78 is 1.01. The van der Waals surface area contributed by atoms with E-state index in [9.17, 15) is 5.26 Å². The predicted octanol–water partition coefficient (Wildman–Crippen LogP) is 3.77. The number of hydrogen-bond acceptors (Lipinski definition) is 5. The summed E-state index contributed by atoms with van der Waals surface area (Å²) in [6.45, 7) is 1.72. The van der Waals surface area contributed by atoms with E-state index in [1.807, 2.05) is 30.3 Å². The number of nitrogen functional groups attached to an aromatic ring is 1. The highest BCUT2D eigenvalue weighted by atomic mass is 79.9. The van der Waals surface area contributed by atoms with Crippen LogP contribution in [0.3, 0.4) is 0 Å². The van der Waals surface area contributed by atoms with Gasteiger partial charge in [-0.15, -0.1) is 11.8 Å². The van der Waals surface area contributed by atoms with Gasteiger partial charge in [-0.05, 0) is 24.1 Å². The van der Waals surface area contributed by atoms with Gasteiger partial charge in [-0.1, -0.05) is 34.1 Å². The van der Waals surface area contributed by atoms with Crippen LogP contribution in [0, 0.1) is 29.6 Å². The molecule has 0 saturated heterocycles. The Hall–Kier alpha value is -2.02. The maximum absolute atomic E-state index is 9.30. The second kappa shape index (κ2) is 6.62. The Morgan fingerprint density at radius 1 is 1.24 bits per heavy atom. The summed E-state index contributed by atoms with van der Waals surface area (Å²) in [5, 5.41) is 18.9. The van der Waals surface area contributed by atoms with Crippen molar-refractivity contribution in [1.82, 2.24) is 4.98 Å². The van der Waals surface area contributed by atoms with Crippen LogP contribution in [0.4, 0.5) is 5.82 Å². The zero-order valence-corrected chi connectivity index (χ0v) is 13.6. The number of hydrogen-bond donors (Lipinski definition) is 1. The van der Waals surface area contributed by atoms with E-state index < -0.39 is 0 Å². The van der Waals surface area contributed by atoms with Gasteiger partial charge in [0.05, 0.1) is 11.1 Å². The van der Waals surface area contributed by atoms with Crippen molar-refractivity contribution in [3.63, 3.8) is 0 Å². The third kappa shape index (κ3) is 3.18. The number of thioether (sulfide) groups is 1. The molecule has 1 heterocycles. The van der Waals surface area contributed by atoms with Gasteiger partial charge in [0.2, 0.25) is 0 Å². The number of pyridine rings is 1. The Bertz CT molecular complexity index is 774. The van der Waals surface area contributed by atoms with Gasteiger partial charge in [-0.3, -0.25) is 0 Å². The van der Waals surface area contributed by atoms with Crippen molar-refractivity contribution in [2.24, 2.45) is 0 Å². The highest BCUT2D eigenvalue weighted by molar-refractivity contribution is 9.10. The Morgan fingerprint density at radius 3 is 2.52 bits per heavy atom. The fourth-order valence-corrected chi connectivity index (χ4v) is 3.50. The Morgan fingerprint density at radius 2 is 1.90 bits per heavy atom. The Labute approximate surface area is 135 Å². The van der Waals surface area contributed by atoms with Crippen LogP contribution in [0.15, 0.2) is 33.8 Å². The van der Waals surface area contributed by atoms with Crippen LogP contribution in [-0.4, -0.2) is 4.98 Å². The van der Waals surface area contributed by atoms with Gasteiger partial charge in [-0.2, -0.15) is 10.5 Å². The molecule has 0 aliphatic heterocycles. The topological polar surface area (TPSA) is 86.5 Å². The van der Waals surface area contributed by atoms with Crippen molar-refractivity contribution in [2.45, 2.75) is 17.7 Å². The van der Waals surface area contributed by atoms with E-state index in [1.54, 1.807) is 6.92 Å². The molecule has 2 aromatic rings. The fraction of sp³-hybridized carbons (Fsp3) is 0.133. The predicted molar refractivity (Wildman–Crippen MR) is 86.5 cm³/mol. The molecule has 1 aromatic carbocycles. The average molecular weight is 359 g/mol. The number of halogens is 1. The third-order valence-corrected chi connectivity index (χ3v) is 4.79. The van der Waals surface area contributed by atoms with Gasteiger partial charge in [-0.25, -0.2) is 4.98 Å². The van der Waals surface area contributed by atoms with Crippen LogP contribution >= 0.6 is 27.7 Å². The van der Waals surface area contributed by atoms with Gasteiger partial charge in [0, 0.05) is 10.2 Å². The number of benzene rings is 1. The molecule has 0 amide bonds. The molecule has 0 radical (unpaired) electrons. The number of nitrogens with zero attached hydrogens (tertiary/aromatic N) is 3. The van der Waals surface area contributed by atoms with E-state index in [2.05, 4.69) is 27.0 Å². The lowest BCUT2D eigenvalue weighted by Crippen LogP contribution is -2.03. The molecule has 21 heavy (non-hydrogen) atoms. The number of aromatic nitrogens is 1. The Balaban J connectivity index is 2.36. The molecular formula is C15H11BrN4S. The second-order valence-electron chi connectivity index (χ2n) is 4.28. The lowest BCUT2D eigenvalue weighted by Gasteiger charge is -2.10. The first-order valence-electron chi connectivity index (χ1n) is 6.05. The van der Waals surface area contributed by atoms with Gasteiger partial charge < -0.3 is 5.73 Å². The van der Waals surface area contributed by atoms with Crippen molar-refractivity contribution in [3.05, 3.63) is 51.0 Å². The first-order valence-corrected chi connectivity index (χ1v) is 7.82. The smallest absolute Gasteiger partial charge is 0.143 e. The van der Waals surface area contributed by atoms with Gasteiger partial charge in [0.15, 0.2) is 0 Å². The third-order valence-electron chi connectivity index (χ3n) is 2.99. The molecule has 2 rings (SSSR count). The summed E-state index contributed by atoms with van der Waals surface area (Å²) in [6.07, 6.45) is 0. The van der Waals surface area contributed by atoms with Gasteiger partial charge >= 0.3 is 0 Å². The van der Waals surface area contributed by atoms with Gasteiger partial charge in [0.1, 0.15) is 23.0 Å². The van der Waals surface area contributed by atoms with Crippen molar-refractivity contribution in [3.8, 4) is 12.1 Å². The number of rotatable bonds is 3. The molecule has 6 heteroatoms. The molecule has 0 spiro atoms. The summed E-state index contributed by atoms with van der Waals surface area (Å²) in [7, 11) is 0. The SMILES string of the molecule is Cc1c(C#N)c(N)nc(SCc2ccccc2Br)c1C#N. The normalized spacial score (nSPS) is 9.90. The molecule has 0 aliphatic rings. The number of nitriles is 2. The van der Waals surface area contributed by atoms with Crippen molar-refractivity contribution < 1.29 is 0 Å². The number of anilines is 1. The highest BCUT2D eigenvalue weighted by Gasteiger charge is 2.16. The average Bonchev–Trinajstić information content (AvgIpc) is 2.46. The van der Waals surface area contributed by atoms with Crippen LogP contribution in [-0.2, 0) is 5.75 Å². The molecule has 0 bridgehead atoms. The molecule has 0 aliphatic carbocycles. The first kappa shape index (κ1) is 15.4. The molecule has 2 N–H and O–H groups in total. The summed E-state index contributed by atoms with van der Waals surface area (Å²) in [4.78, 5) is 4.20. The number of nitrogens with two attached hydrogens (primary N) is 1. The molecule has 0 fully saturated rings. The summed E-state index contributed by atoms with van der Waals surface area (Å²) in [5.74, 6) is 0.831. The molecule has 104 valence electrons. The standard InChI is InChI=1S/C15H11BrN4S/c1-9-11(6-17)14(19)20-15(12(9)7-18)21-8-10-4-2-3-5-13(10)16/h2-5H,8H2,1H3,(H2,19,20). The quantitative estimate of drug-likeness (QED) is 0.843. The minimum absolute atomic E-state index is 0.170. The van der Waals surface area contributed by atoms with Crippen molar-refractivity contribution in [2.75, 3.05) is 5.73 Å². The monoisotopic (exact) mass is 358 g/mol. The van der Waals surface area contributed by atoms with Crippen LogP contribution < -0.4 is 5.73 Å². The van der Waals surface area contributed by atoms with Gasteiger partial charge in [0.25, 0.3) is 0 Å². The maximum Gasteiger partial charge on any atom is 0.143 e. The summed E-state index contributed by atoms with van der Waals surface area (Å²) in [6, 6.07) is 12.0. The van der Waals surface area contributed by atoms with Crippen molar-refractivity contribution >= 4 is 33.5 Å². The van der Waals surface area contributed by atoms with E-state index in [0.29, 0.717) is 21.9 Å². The molecular weight excluding hydrogens is 348 g/mol. The minimum Gasteiger partial charge on any atom is -0.383 e. The molecule has 1 aromatic heterocycles. The van der Waals surface area contributed by atoms with E-state index >= 15 is 0 Å². The second-order valence-corrected chi connectivity index (χ2v) is 6.10. The van der Waals surface area contributed by atoms with E-state index in [4.69, 9.17) is 11.0 Å². The first-order chi connectivity index (χ1) is 10.1. The van der Waals surface area contributed by atoms with E-state index in [0.717, 1.165) is 10.0 Å². The molecule has 4 nitrogen and oxygen atoms in total. The van der Waals surface area contributed by atoms with Crippen molar-refractivity contribution in [1.29, 1.82) is 10.5 Å². The summed E-state index contributed by atoms with van der Waals surface area (Å²) in [5.41, 5.74) is 8.17. The van der Waals surface area contributed by atoms with E-state index in [-0.39, 0.29) is 11.4 Å². The van der Waals surface area contributed by atoms with Crippen LogP contribution in [0.2, 0.25) is 0 Å². The minimum atomic E-state index is 0.170. The largest absolute Gasteiger partial charge is 0.383 e. The molecule has 0 unspecified atom stereocenters. The highest BCUT2D eigenvalue weighted by Crippen LogP contribution is 2.31. The zero-order valence-electron chi connectivity index (χ0n) is 11.2.